The van der Waals surface area contributed by atoms with Crippen LogP contribution in [0.5, 0.6) is 0 Å². The molecule has 2 saturated heterocycles. The minimum Gasteiger partial charge on any atom is -0.426 e. The van der Waals surface area contributed by atoms with Gasteiger partial charge in [-0.15, -0.1) is 0 Å². The van der Waals surface area contributed by atoms with Crippen molar-refractivity contribution in [2.24, 2.45) is 0 Å². The van der Waals surface area contributed by atoms with Crippen molar-refractivity contribution in [2.75, 3.05) is 32.8 Å². The molecule has 200 valence electrons. The van der Waals surface area contributed by atoms with Crippen LogP contribution in [0.1, 0.15) is 32.3 Å². The van der Waals surface area contributed by atoms with Crippen molar-refractivity contribution in [3.8, 4) is 6.07 Å². The van der Waals surface area contributed by atoms with Crippen LogP contribution in [-0.2, 0) is 20.7 Å². The van der Waals surface area contributed by atoms with Crippen LogP contribution in [0.3, 0.4) is 0 Å². The van der Waals surface area contributed by atoms with Gasteiger partial charge in [0.1, 0.15) is 11.6 Å². The van der Waals surface area contributed by atoms with Gasteiger partial charge in [0, 0.05) is 31.6 Å². The molecule has 2 aliphatic rings. The van der Waals surface area contributed by atoms with Crippen molar-refractivity contribution < 1.29 is 33.2 Å². The number of carbonyl (C=O) groups is 2. The lowest BCUT2D eigenvalue weighted by Gasteiger charge is -2.35. The predicted octanol–water partition coefficient (Wildman–Crippen LogP) is 0.913. The molecule has 0 aromatic heterocycles. The maximum atomic E-state index is 13.7. The third-order valence-corrected chi connectivity index (χ3v) is 6.68. The first-order valence-corrected chi connectivity index (χ1v) is 12.3. The number of nitrogens with one attached hydrogen (secondary N) is 1. The van der Waals surface area contributed by atoms with E-state index in [0.717, 1.165) is 5.56 Å². The van der Waals surface area contributed by atoms with E-state index in [-0.39, 0.29) is 51.1 Å². The molecule has 12 heteroatoms. The van der Waals surface area contributed by atoms with Crippen LogP contribution in [0.2, 0.25) is 0 Å². The number of likely N-dealkylation sites (tertiary alicyclic amines) is 1. The Hall–Kier alpha value is -2.85. The number of amides is 2. The molecule has 1 aromatic carbocycles. The summed E-state index contributed by atoms with van der Waals surface area (Å²) in [7, 11) is -1.77. The second kappa shape index (κ2) is 12.1. The van der Waals surface area contributed by atoms with E-state index in [0.29, 0.717) is 0 Å². The molecule has 0 bridgehead atoms. The summed E-state index contributed by atoms with van der Waals surface area (Å²) in [6.45, 7) is 3.51. The number of hydrogen-bond acceptors (Lipinski definition) is 7. The lowest BCUT2D eigenvalue weighted by molar-refractivity contribution is -0.138. The van der Waals surface area contributed by atoms with Crippen LogP contribution in [0.25, 0.3) is 0 Å². The third-order valence-electron chi connectivity index (χ3n) is 6.68. The van der Waals surface area contributed by atoms with Crippen LogP contribution < -0.4 is 5.32 Å². The van der Waals surface area contributed by atoms with E-state index in [2.05, 4.69) is 5.32 Å². The fraction of sp³-hybridized carbons (Fsp3) is 0.560. The Morgan fingerprint density at radius 1 is 1.32 bits per heavy atom. The lowest BCUT2D eigenvalue weighted by Crippen LogP contribution is -2.51. The SMILES string of the molecule is CC(C)(C=C(C#N)C(=O)N1CCO[C@H](CC(=O)NC(Cc2ccccc2)B(O)O)C1)N1CCC(F)(F)C1. The number of nitriles is 1. The summed E-state index contributed by atoms with van der Waals surface area (Å²) in [5.41, 5.74) is -0.259. The van der Waals surface area contributed by atoms with E-state index < -0.39 is 49.0 Å². The zero-order valence-electron chi connectivity index (χ0n) is 21.1. The number of carbonyl (C=O) groups excluding carboxylic acids is 2. The van der Waals surface area contributed by atoms with Gasteiger partial charge in [-0.2, -0.15) is 5.26 Å². The Morgan fingerprint density at radius 2 is 2.03 bits per heavy atom. The lowest BCUT2D eigenvalue weighted by atomic mass is 9.76. The highest BCUT2D eigenvalue weighted by molar-refractivity contribution is 6.43. The number of halogens is 2. The normalized spacial score (nSPS) is 21.3. The molecule has 2 atom stereocenters. The summed E-state index contributed by atoms with van der Waals surface area (Å²) in [5.74, 6) is -4.75. The van der Waals surface area contributed by atoms with Gasteiger partial charge in [0.2, 0.25) is 5.91 Å². The maximum absolute atomic E-state index is 13.7. The Bertz CT molecular complexity index is 1030. The highest BCUT2D eigenvalue weighted by Crippen LogP contribution is 2.33. The smallest absolute Gasteiger partial charge is 0.426 e. The highest BCUT2D eigenvalue weighted by atomic mass is 19.3. The molecule has 2 heterocycles. The van der Waals surface area contributed by atoms with Gasteiger partial charge in [-0.25, -0.2) is 8.78 Å². The highest BCUT2D eigenvalue weighted by Gasteiger charge is 2.43. The molecule has 2 fully saturated rings. The number of morpholine rings is 1. The Labute approximate surface area is 215 Å². The summed E-state index contributed by atoms with van der Waals surface area (Å²) < 4.78 is 33.0. The molecular weight excluding hydrogens is 485 g/mol. The summed E-state index contributed by atoms with van der Waals surface area (Å²) in [6, 6.07) is 11.0. The molecule has 2 amide bonds. The average Bonchev–Trinajstić information content (AvgIpc) is 3.23. The number of nitrogens with zero attached hydrogens (tertiary/aromatic N) is 3. The molecule has 0 saturated carbocycles. The van der Waals surface area contributed by atoms with Crippen LogP contribution in [0.15, 0.2) is 42.0 Å². The minimum atomic E-state index is -2.80. The van der Waals surface area contributed by atoms with E-state index >= 15 is 0 Å². The third kappa shape index (κ3) is 8.07. The number of hydrogen-bond donors (Lipinski definition) is 3. The van der Waals surface area contributed by atoms with Gasteiger partial charge in [0.05, 0.1) is 31.6 Å². The monoisotopic (exact) mass is 518 g/mol. The van der Waals surface area contributed by atoms with Crippen molar-refractivity contribution in [1.82, 2.24) is 15.1 Å². The van der Waals surface area contributed by atoms with Crippen molar-refractivity contribution in [2.45, 2.75) is 56.6 Å². The first-order chi connectivity index (χ1) is 17.4. The first-order valence-electron chi connectivity index (χ1n) is 12.3. The number of alkyl halides is 2. The summed E-state index contributed by atoms with van der Waals surface area (Å²) in [5, 5.41) is 31.7. The van der Waals surface area contributed by atoms with Crippen LogP contribution in [0, 0.1) is 11.3 Å². The van der Waals surface area contributed by atoms with E-state index in [1.807, 2.05) is 36.4 Å². The fourth-order valence-electron chi connectivity index (χ4n) is 4.58. The van der Waals surface area contributed by atoms with Gasteiger partial charge < -0.3 is 25.0 Å². The second-order valence-corrected chi connectivity index (χ2v) is 10.1. The van der Waals surface area contributed by atoms with Gasteiger partial charge in [-0.1, -0.05) is 30.3 Å². The topological polar surface area (TPSA) is 126 Å². The van der Waals surface area contributed by atoms with Gasteiger partial charge in [-0.05, 0) is 31.9 Å². The van der Waals surface area contributed by atoms with E-state index in [1.54, 1.807) is 18.7 Å². The summed E-state index contributed by atoms with van der Waals surface area (Å²) in [4.78, 5) is 28.7. The van der Waals surface area contributed by atoms with Gasteiger partial charge >= 0.3 is 7.12 Å². The van der Waals surface area contributed by atoms with Crippen LogP contribution >= 0.6 is 0 Å². The number of ether oxygens (including phenoxy) is 1. The van der Waals surface area contributed by atoms with E-state index in [4.69, 9.17) is 4.74 Å². The van der Waals surface area contributed by atoms with Crippen LogP contribution in [-0.4, -0.2) is 95.1 Å². The van der Waals surface area contributed by atoms with E-state index in [9.17, 15) is 33.7 Å². The molecule has 0 radical (unpaired) electrons. The van der Waals surface area contributed by atoms with Crippen molar-refractivity contribution in [3.63, 3.8) is 0 Å². The van der Waals surface area contributed by atoms with Gasteiger partial charge in [0.25, 0.3) is 11.8 Å². The minimum absolute atomic E-state index is 0.0541. The quantitative estimate of drug-likeness (QED) is 0.252. The maximum Gasteiger partial charge on any atom is 0.475 e. The summed E-state index contributed by atoms with van der Waals surface area (Å²) >= 11 is 0. The molecule has 0 aliphatic carbocycles. The second-order valence-electron chi connectivity index (χ2n) is 10.1. The van der Waals surface area contributed by atoms with Gasteiger partial charge in [-0.3, -0.25) is 14.5 Å². The number of rotatable bonds is 9. The zero-order chi connectivity index (χ0) is 27.2. The molecule has 9 nitrogen and oxygen atoms in total. The summed E-state index contributed by atoms with van der Waals surface area (Å²) in [6.07, 6.45) is 0.588. The molecule has 0 spiro atoms. The zero-order valence-corrected chi connectivity index (χ0v) is 21.1. The Morgan fingerprint density at radius 3 is 2.62 bits per heavy atom. The molecule has 37 heavy (non-hydrogen) atoms. The number of benzene rings is 1. The Balaban J connectivity index is 1.59. The molecule has 2 aliphatic heterocycles. The van der Waals surface area contributed by atoms with Crippen molar-refractivity contribution >= 4 is 18.9 Å². The predicted molar refractivity (Wildman–Crippen MR) is 132 cm³/mol. The standard InChI is InChI=1S/C25H33BF2N4O5/c1-24(2,32-9-8-25(27,28)17-32)14-19(15-29)23(34)31-10-11-37-20(16-31)13-22(33)30-21(26(35)36)12-18-6-4-3-5-7-18/h3-7,14,20-21,35-36H,8-13,16-17H2,1-2H3,(H,30,33)/t20-,21?/m1/s1. The molecule has 1 aromatic rings. The van der Waals surface area contributed by atoms with Crippen LogP contribution in [0.4, 0.5) is 8.78 Å². The largest absolute Gasteiger partial charge is 0.475 e. The van der Waals surface area contributed by atoms with Crippen molar-refractivity contribution in [1.29, 1.82) is 5.26 Å². The molecule has 3 N–H and O–H groups in total. The molecule has 3 rings (SSSR count). The van der Waals surface area contributed by atoms with E-state index in [1.165, 1.54) is 11.0 Å². The molecular formula is C25H33BF2N4O5. The first kappa shape index (κ1) is 28.7. The van der Waals surface area contributed by atoms with Gasteiger partial charge in [0.15, 0.2) is 0 Å². The average molecular weight is 518 g/mol. The van der Waals surface area contributed by atoms with Crippen molar-refractivity contribution in [3.05, 3.63) is 47.5 Å². The molecule has 1 unspecified atom stereocenters. The fourth-order valence-corrected chi connectivity index (χ4v) is 4.58. The Kier molecular flexibility index (Phi) is 9.42.